The zero-order valence-corrected chi connectivity index (χ0v) is 10.9. The fourth-order valence-electron chi connectivity index (χ4n) is 1.27. The van der Waals surface area contributed by atoms with Crippen LogP contribution in [-0.4, -0.2) is 24.9 Å². The van der Waals surface area contributed by atoms with Gasteiger partial charge in [0.1, 0.15) is 0 Å². The number of hydrogen-bond donors (Lipinski definition) is 1. The third-order valence-corrected chi connectivity index (χ3v) is 2.89. The fourth-order valence-corrected chi connectivity index (χ4v) is 1.82. The normalized spacial score (nSPS) is 10.4. The Morgan fingerprint density at radius 3 is 1.70 bits per heavy atom. The van der Waals surface area contributed by atoms with Crippen LogP contribution in [0.4, 0.5) is 0 Å². The molecule has 1 rings (SSSR count). The van der Waals surface area contributed by atoms with Crippen molar-refractivity contribution in [2.24, 2.45) is 0 Å². The molecule has 0 amide bonds. The van der Waals surface area contributed by atoms with E-state index in [1.165, 1.54) is 0 Å². The molecule has 0 saturated heterocycles. The van der Waals surface area contributed by atoms with Gasteiger partial charge in [0.15, 0.2) is 0 Å². The lowest BCUT2D eigenvalue weighted by atomic mass is 10.1. The van der Waals surface area contributed by atoms with Crippen LogP contribution in [0.15, 0.2) is 48.8 Å². The highest BCUT2D eigenvalue weighted by atomic mass is 32.2. The van der Waals surface area contributed by atoms with E-state index in [2.05, 4.69) is 22.6 Å². The first-order chi connectivity index (χ1) is 9.29. The first-order valence-corrected chi connectivity index (χ1v) is 6.50. The molecule has 0 aliphatic heterocycles. The summed E-state index contributed by atoms with van der Waals surface area (Å²) in [5, 5.41) is 0. The van der Waals surface area contributed by atoms with Crippen molar-refractivity contribution in [3.05, 3.63) is 55.0 Å². The van der Waals surface area contributed by atoms with Crippen LogP contribution in [0.5, 0.6) is 0 Å². The van der Waals surface area contributed by atoms with Gasteiger partial charge in [-0.1, -0.05) is 13.2 Å². The van der Waals surface area contributed by atoms with Crippen molar-refractivity contribution >= 4 is 22.1 Å². The van der Waals surface area contributed by atoms with Gasteiger partial charge >= 0.3 is 11.9 Å². The highest BCUT2D eigenvalue weighted by molar-refractivity contribution is 7.85. The number of ether oxygens (including phenoxy) is 2. The summed E-state index contributed by atoms with van der Waals surface area (Å²) >= 11 is 0. The van der Waals surface area contributed by atoms with Gasteiger partial charge in [-0.2, -0.15) is 8.42 Å². The molecule has 0 heterocycles. The molecule has 0 aliphatic rings. The molecule has 0 bridgehead atoms. The zero-order valence-electron chi connectivity index (χ0n) is 10.1. The highest BCUT2D eigenvalue weighted by Crippen LogP contribution is 2.17. The van der Waals surface area contributed by atoms with Crippen molar-refractivity contribution in [3.63, 3.8) is 0 Å². The molecule has 1 aromatic rings. The van der Waals surface area contributed by atoms with E-state index in [0.717, 1.165) is 30.7 Å². The van der Waals surface area contributed by atoms with Crippen LogP contribution < -0.4 is 0 Å². The third kappa shape index (κ3) is 3.77. The van der Waals surface area contributed by atoms with E-state index in [-0.39, 0.29) is 11.1 Å². The summed E-state index contributed by atoms with van der Waals surface area (Å²) in [6, 6.07) is 2.75. The van der Waals surface area contributed by atoms with Crippen molar-refractivity contribution in [2.45, 2.75) is 4.90 Å². The topological polar surface area (TPSA) is 107 Å². The van der Waals surface area contributed by atoms with Gasteiger partial charge in [0.25, 0.3) is 10.1 Å². The zero-order chi connectivity index (χ0) is 15.3. The number of carbonyl (C=O) groups excluding carboxylic acids is 2. The van der Waals surface area contributed by atoms with Crippen LogP contribution in [0.3, 0.4) is 0 Å². The Hall–Kier alpha value is -2.45. The van der Waals surface area contributed by atoms with Crippen molar-refractivity contribution in [1.82, 2.24) is 0 Å². The van der Waals surface area contributed by atoms with Crippen LogP contribution in [0, 0.1) is 0 Å². The Morgan fingerprint density at radius 1 is 1.00 bits per heavy atom. The molecule has 0 spiro atoms. The average molecular weight is 298 g/mol. The molecule has 7 nitrogen and oxygen atoms in total. The maximum atomic E-state index is 11.5. The summed E-state index contributed by atoms with van der Waals surface area (Å²) < 4.78 is 40.1. The smallest absolute Gasteiger partial charge is 0.342 e. The minimum absolute atomic E-state index is 0.268. The van der Waals surface area contributed by atoms with E-state index in [0.29, 0.717) is 0 Å². The minimum Gasteiger partial charge on any atom is -0.432 e. The third-order valence-electron chi connectivity index (χ3n) is 2.06. The van der Waals surface area contributed by atoms with E-state index in [1.54, 1.807) is 0 Å². The van der Waals surface area contributed by atoms with Gasteiger partial charge in [0.2, 0.25) is 0 Å². The SMILES string of the molecule is C=COC(=O)c1cc(C(=O)OC=C)cc(S(=O)(=O)O)c1. The lowest BCUT2D eigenvalue weighted by Gasteiger charge is -2.06. The van der Waals surface area contributed by atoms with Crippen LogP contribution in [-0.2, 0) is 19.6 Å². The number of esters is 2. The molecule has 0 aliphatic carbocycles. The summed E-state index contributed by atoms with van der Waals surface area (Å²) in [6.07, 6.45) is 1.67. The molecule has 106 valence electrons. The Kier molecular flexibility index (Phi) is 4.78. The molecule has 0 saturated carbocycles. The number of benzene rings is 1. The minimum atomic E-state index is -4.61. The number of carbonyl (C=O) groups is 2. The highest BCUT2D eigenvalue weighted by Gasteiger charge is 2.19. The van der Waals surface area contributed by atoms with Gasteiger partial charge < -0.3 is 9.47 Å². The molecule has 0 atom stereocenters. The van der Waals surface area contributed by atoms with Crippen molar-refractivity contribution in [2.75, 3.05) is 0 Å². The second kappa shape index (κ2) is 6.13. The Labute approximate surface area is 114 Å². The number of rotatable bonds is 5. The van der Waals surface area contributed by atoms with Gasteiger partial charge in [-0.3, -0.25) is 4.55 Å². The number of hydrogen-bond acceptors (Lipinski definition) is 6. The first kappa shape index (κ1) is 15.6. The van der Waals surface area contributed by atoms with Crippen LogP contribution >= 0.6 is 0 Å². The predicted octanol–water partition coefficient (Wildman–Crippen LogP) is 1.53. The molecular formula is C12H10O7S. The van der Waals surface area contributed by atoms with Crippen molar-refractivity contribution in [3.8, 4) is 0 Å². The van der Waals surface area contributed by atoms with Gasteiger partial charge in [-0.15, -0.1) is 0 Å². The lowest BCUT2D eigenvalue weighted by molar-refractivity contribution is 0.0663. The molecule has 0 unspecified atom stereocenters. The van der Waals surface area contributed by atoms with Crippen LogP contribution in [0.2, 0.25) is 0 Å². The molecule has 0 radical (unpaired) electrons. The molecule has 1 aromatic carbocycles. The Balaban J connectivity index is 3.43. The molecular weight excluding hydrogens is 288 g/mol. The van der Waals surface area contributed by atoms with Gasteiger partial charge in [-0.05, 0) is 18.2 Å². The first-order valence-electron chi connectivity index (χ1n) is 5.06. The van der Waals surface area contributed by atoms with E-state index in [1.807, 2.05) is 0 Å². The summed E-state index contributed by atoms with van der Waals surface area (Å²) in [5.41, 5.74) is -0.535. The molecule has 0 fully saturated rings. The van der Waals surface area contributed by atoms with Crippen LogP contribution in [0.25, 0.3) is 0 Å². The quantitative estimate of drug-likeness (QED) is 0.499. The second-order valence-electron chi connectivity index (χ2n) is 3.37. The monoisotopic (exact) mass is 298 g/mol. The Morgan fingerprint density at radius 2 is 1.40 bits per heavy atom. The Bertz CT molecular complexity index is 633. The summed E-state index contributed by atoms with van der Waals surface area (Å²) in [5.74, 6) is -1.89. The molecule has 20 heavy (non-hydrogen) atoms. The van der Waals surface area contributed by atoms with Crippen molar-refractivity contribution in [1.29, 1.82) is 0 Å². The maximum absolute atomic E-state index is 11.5. The standard InChI is InChI=1S/C12H10O7S/c1-3-18-11(13)8-5-9(12(14)19-4-2)7-10(6-8)20(15,16)17/h3-7H,1-2H2,(H,15,16,17). The van der Waals surface area contributed by atoms with Crippen LogP contribution in [0.1, 0.15) is 20.7 Å². The summed E-state index contributed by atoms with van der Waals surface area (Å²) in [6.45, 7) is 6.34. The van der Waals surface area contributed by atoms with Gasteiger partial charge in [-0.25, -0.2) is 9.59 Å². The summed E-state index contributed by atoms with van der Waals surface area (Å²) in [4.78, 5) is 22.4. The van der Waals surface area contributed by atoms with Crippen molar-refractivity contribution < 1.29 is 32.0 Å². The largest absolute Gasteiger partial charge is 0.432 e. The summed E-state index contributed by atoms with van der Waals surface area (Å²) in [7, 11) is -4.61. The molecule has 1 N–H and O–H groups in total. The van der Waals surface area contributed by atoms with Gasteiger partial charge in [0, 0.05) is 0 Å². The van der Waals surface area contributed by atoms with E-state index < -0.39 is 27.0 Å². The predicted molar refractivity (Wildman–Crippen MR) is 67.5 cm³/mol. The molecule has 0 aromatic heterocycles. The lowest BCUT2D eigenvalue weighted by Crippen LogP contribution is -2.09. The maximum Gasteiger partial charge on any atom is 0.342 e. The van der Waals surface area contributed by atoms with Gasteiger partial charge in [0.05, 0.1) is 28.5 Å². The second-order valence-corrected chi connectivity index (χ2v) is 4.79. The van der Waals surface area contributed by atoms with E-state index in [4.69, 9.17) is 4.55 Å². The average Bonchev–Trinajstić information content (AvgIpc) is 2.37. The van der Waals surface area contributed by atoms with E-state index >= 15 is 0 Å². The molecule has 8 heteroatoms. The fraction of sp³-hybridized carbons (Fsp3) is 0. The van der Waals surface area contributed by atoms with E-state index in [9.17, 15) is 18.0 Å².